The summed E-state index contributed by atoms with van der Waals surface area (Å²) in [7, 11) is 5.63. The Bertz CT molecular complexity index is 5950. The molecule has 11 aromatic rings. The van der Waals surface area contributed by atoms with E-state index in [1.807, 2.05) is 107 Å². The largest absolute Gasteiger partial charge is 0.508 e. The molecule has 1 saturated carbocycles. The van der Waals surface area contributed by atoms with Crippen LogP contribution in [-0.4, -0.2) is 215 Å². The van der Waals surface area contributed by atoms with E-state index in [2.05, 4.69) is 133 Å². The topological polar surface area (TPSA) is 450 Å². The Labute approximate surface area is 786 Å². The molecule has 132 heavy (non-hydrogen) atoms. The van der Waals surface area contributed by atoms with E-state index in [1.54, 1.807) is 30.3 Å². The molecule has 2 saturated heterocycles. The van der Waals surface area contributed by atoms with Crippen LogP contribution in [0.4, 0.5) is 23.0 Å². The van der Waals surface area contributed by atoms with Crippen molar-refractivity contribution >= 4 is 109 Å². The number of phenolic OH excluding ortho intramolecular Hbond substituents is 2. The molecule has 13 N–H and O–H groups in total. The van der Waals surface area contributed by atoms with Crippen molar-refractivity contribution < 1.29 is 67.8 Å². The number of Topliss-reactive ketones (excluding diaryl/α,β-unsaturated/α-hetero) is 1. The third-order valence-corrected chi connectivity index (χ3v) is 25.8. The number of carbonyl (C=O) groups excluding carboxylic acids is 4. The first-order valence-corrected chi connectivity index (χ1v) is 46.6. The summed E-state index contributed by atoms with van der Waals surface area (Å²) >= 11 is 9.14. The number of imidazole rings is 2. The summed E-state index contributed by atoms with van der Waals surface area (Å²) in [5.41, 5.74) is 31.1. The predicted octanol–water partition coefficient (Wildman–Crippen LogP) is 13.7. The first kappa shape index (κ1) is 97.9. The molecule has 10 heterocycles. The van der Waals surface area contributed by atoms with E-state index in [0.717, 1.165) is 192 Å². The number of carbonyl (C=O) groups is 4. The summed E-state index contributed by atoms with van der Waals surface area (Å²) in [6.45, 7) is 29.7. The summed E-state index contributed by atoms with van der Waals surface area (Å²) in [5, 5.41) is 59.5. The van der Waals surface area contributed by atoms with Crippen LogP contribution in [0.15, 0.2) is 121 Å². The number of aromatic hydroxyl groups is 2. The van der Waals surface area contributed by atoms with Crippen LogP contribution in [0.1, 0.15) is 185 Å². The van der Waals surface area contributed by atoms with Crippen LogP contribution < -0.4 is 57.0 Å². The maximum absolute atomic E-state index is 12.8. The molecule has 6 aliphatic rings. The second kappa shape index (κ2) is 43.4. The second-order valence-corrected chi connectivity index (χ2v) is 38.5. The highest BCUT2D eigenvalue weighted by Crippen LogP contribution is 2.47. The lowest BCUT2D eigenvalue weighted by Gasteiger charge is -2.32. The molecule has 34 nitrogen and oxygen atoms in total. The number of nitrogens with one attached hydrogen (secondary N) is 3. The number of nitrogens with two attached hydrogens (primary N) is 3. The molecule has 3 fully saturated rings. The number of amides is 3. The Kier molecular flexibility index (Phi) is 32.2. The molecular weight excluding hydrogens is 1790 g/mol. The number of nitrogens with zero attached hydrogens (tertiary/aromatic N) is 14. The van der Waals surface area contributed by atoms with Gasteiger partial charge in [-0.05, 0) is 182 Å². The monoisotopic (exact) mass is 1910 g/mol. The number of morpholine rings is 1. The van der Waals surface area contributed by atoms with Gasteiger partial charge in [-0.2, -0.15) is 5.10 Å². The molecule has 0 radical (unpaired) electrons. The van der Waals surface area contributed by atoms with Crippen LogP contribution in [0.2, 0.25) is 0 Å². The van der Waals surface area contributed by atoms with E-state index >= 15 is 0 Å². The Balaban J connectivity index is 0.000000148. The van der Waals surface area contributed by atoms with Gasteiger partial charge in [-0.25, -0.2) is 34.0 Å². The standard InChI is InChI=1S/C26H31N3O5.C23H32N6O2.C23H30N4O3.C22H25BrN6O4S.CH3NS/c1-4-27-26(32)24-23(18-7-5-17(6-8-18)15-29-9-11-33-12-10-29)25(34-28-24)20-13-19(16(2)3)21(30)14-22(20)31;1-23(2,3)13-25-8-9-29-16-6-7-26-22(24)21(16)27-20(29)11-15-10-18-19(31-14-30-18)12-17(15)28(4)5;1-13-21-19(11-23(2,3)12-20(21)29)27(26-13)15-6-9-17(22(24)30)18(10-15)25-14-4-7-16(28)8-5-14;1-12(30)21(31)28-5-2-13(3-6-28)4-7-29-20-18(19(24)25-10-26-20)27-22(29)34-17-9-16-15(8-14(17)23)32-11-33-16;1-2-3/h5-8,13-14,16,30-31H,4,9-12,15H2,1-3H3,(H,27,32);6-7,10,12,25H,8-9,11,13-14H2,1-5H3,(H2,24,26);6,9-10,14,16,25,28H,4-5,7-8,11-12H2,1-3H3,(H2,24,30);8-10,12-13,30H,2-7,11H2,1H3,(H2,24,25,26);1H3/t;;;12-;/m...0./s1. The average molecular weight is 1910 g/mol. The normalized spacial score (nSPS) is 16.5. The van der Waals surface area contributed by atoms with Crippen molar-refractivity contribution in [2.24, 2.45) is 26.8 Å². The van der Waals surface area contributed by atoms with Gasteiger partial charge in [-0.3, -0.25) is 24.1 Å². The molecule has 6 aromatic heterocycles. The molecule has 0 spiro atoms. The number of primary amides is 1. The van der Waals surface area contributed by atoms with Gasteiger partial charge >= 0.3 is 0 Å². The minimum absolute atomic E-state index is 0.00808. The van der Waals surface area contributed by atoms with Gasteiger partial charge in [0.2, 0.25) is 13.6 Å². The van der Waals surface area contributed by atoms with E-state index in [9.17, 15) is 39.6 Å². The van der Waals surface area contributed by atoms with E-state index < -0.39 is 12.0 Å². The fourth-order valence-electron chi connectivity index (χ4n) is 17.1. The summed E-state index contributed by atoms with van der Waals surface area (Å²) < 4.78 is 43.4. The first-order chi connectivity index (χ1) is 63.1. The number of hydrogen-bond donors (Lipinski definition) is 10. The molecule has 704 valence electrons. The lowest BCUT2D eigenvalue weighted by Crippen LogP contribution is -2.43. The third-order valence-electron chi connectivity index (χ3n) is 23.8. The van der Waals surface area contributed by atoms with Gasteiger partial charge < -0.3 is 101 Å². The fourth-order valence-corrected chi connectivity index (χ4v) is 18.6. The smallest absolute Gasteiger partial charge is 0.274 e. The van der Waals surface area contributed by atoms with Crippen molar-refractivity contribution in [3.63, 3.8) is 0 Å². The summed E-state index contributed by atoms with van der Waals surface area (Å²) in [6.07, 6.45) is 9.82. The lowest BCUT2D eigenvalue weighted by molar-refractivity contribution is -0.140. The minimum atomic E-state index is -0.950. The molecule has 37 heteroatoms. The number of halogens is 1. The number of aliphatic hydroxyl groups excluding tert-OH is 2. The van der Waals surface area contributed by atoms with Gasteiger partial charge in [0, 0.05) is 157 Å². The van der Waals surface area contributed by atoms with Crippen molar-refractivity contribution in [2.45, 2.75) is 187 Å². The van der Waals surface area contributed by atoms with Gasteiger partial charge in [0.25, 0.3) is 17.7 Å². The lowest BCUT2D eigenvalue weighted by atomic mass is 9.75. The molecule has 4 aliphatic heterocycles. The number of ketones is 1. The van der Waals surface area contributed by atoms with Crippen molar-refractivity contribution in [3.8, 4) is 62.6 Å². The fraction of sp³-hybridized carbons (Fsp3) is 0.463. The Morgan fingerprint density at radius 1 is 0.803 bits per heavy atom. The zero-order chi connectivity index (χ0) is 94.6. The summed E-state index contributed by atoms with van der Waals surface area (Å²) in [4.78, 5) is 79.1. The SMILES string of the molecule is CCNC(=O)c1noc(-c2cc(C(C)C)c(O)cc2O)c1-c1ccc(CN2CCOCC2)cc1.CN(C)c1cc2c(cc1Cc1nc3c(N)nccc3n1CCNCC(C)(C)C)OCO2.CN=S.C[C@H](O)C(=O)N1CCC(CCn2c(Sc3cc4c(cc3Br)OCO4)nc3c(N)ncnc32)CC1.Cc1nn(-c2ccc(C(N)=O)c(NC3CCC(O)CC3)c2)c2c1C(=O)CC(C)(C)C2. The number of ether oxygens (including phenoxy) is 5. The molecule has 0 bridgehead atoms. The number of phenols is 2. The number of aryl methyl sites for hydroxylation is 2. The number of nitrogen functional groups attached to an aromatic ring is 2. The number of piperidine rings is 1. The van der Waals surface area contributed by atoms with Gasteiger partial charge in [0.15, 0.2) is 68.2 Å². The molecule has 2 aliphatic carbocycles. The number of anilines is 4. The summed E-state index contributed by atoms with van der Waals surface area (Å²) in [5.74, 6) is 4.44. The highest BCUT2D eigenvalue weighted by molar-refractivity contribution is 9.10. The van der Waals surface area contributed by atoms with E-state index in [4.69, 9.17) is 55.4 Å². The third kappa shape index (κ3) is 23.7. The molecule has 0 unspecified atom stereocenters. The highest BCUT2D eigenvalue weighted by Gasteiger charge is 2.37. The van der Waals surface area contributed by atoms with Crippen molar-refractivity contribution in [3.05, 3.63) is 153 Å². The predicted molar refractivity (Wildman–Crippen MR) is 513 cm³/mol. The van der Waals surface area contributed by atoms with Gasteiger partial charge in [-0.15, -0.1) is 0 Å². The quantitative estimate of drug-likeness (QED) is 0.0251. The van der Waals surface area contributed by atoms with Crippen LogP contribution in [0, 0.1) is 23.7 Å². The number of aromatic nitrogens is 10. The number of likely N-dealkylation sites (tertiary alicyclic amines) is 1. The van der Waals surface area contributed by atoms with E-state index in [0.29, 0.717) is 107 Å². The first-order valence-electron chi connectivity index (χ1n) is 44.6. The van der Waals surface area contributed by atoms with Gasteiger partial charge in [-0.1, -0.05) is 89.7 Å². The van der Waals surface area contributed by atoms with E-state index in [-0.39, 0.29) is 83.0 Å². The average Bonchev–Trinajstić information content (AvgIpc) is 1.60. The maximum Gasteiger partial charge on any atom is 0.274 e. The van der Waals surface area contributed by atoms with Crippen LogP contribution in [0.3, 0.4) is 0 Å². The summed E-state index contributed by atoms with van der Waals surface area (Å²) in [6, 6.07) is 26.4. The Morgan fingerprint density at radius 2 is 1.48 bits per heavy atom. The van der Waals surface area contributed by atoms with E-state index in [1.165, 1.54) is 31.1 Å². The van der Waals surface area contributed by atoms with Crippen molar-refractivity contribution in [2.75, 3.05) is 115 Å². The second-order valence-electron chi connectivity index (χ2n) is 36.3. The zero-order valence-electron chi connectivity index (χ0n) is 77.2. The molecule has 17 rings (SSSR count). The molecule has 5 aromatic carbocycles. The molecular formula is C95H121BrN20O14S2. The Hall–Kier alpha value is -11.6. The zero-order valence-corrected chi connectivity index (χ0v) is 80.4. The van der Waals surface area contributed by atoms with Crippen LogP contribution >= 0.6 is 27.7 Å². The number of pyridine rings is 1. The maximum atomic E-state index is 12.8. The van der Waals surface area contributed by atoms with Crippen molar-refractivity contribution in [1.82, 2.24) is 69.4 Å². The molecule has 1 atom stereocenters. The number of rotatable bonds is 24. The number of fused-ring (bicyclic) bond motifs is 5. The van der Waals surface area contributed by atoms with Gasteiger partial charge in [0.1, 0.15) is 35.3 Å². The van der Waals surface area contributed by atoms with Crippen LogP contribution in [0.5, 0.6) is 34.5 Å². The molecule has 3 amide bonds. The van der Waals surface area contributed by atoms with Crippen LogP contribution in [-0.2, 0) is 54.4 Å². The Morgan fingerprint density at radius 3 is 2.14 bits per heavy atom. The number of hydrogen-bond acceptors (Lipinski definition) is 30. The minimum Gasteiger partial charge on any atom is -0.508 e. The van der Waals surface area contributed by atoms with Crippen molar-refractivity contribution in [1.29, 1.82) is 0 Å². The number of aliphatic hydroxyl groups is 2. The highest BCUT2D eigenvalue weighted by atomic mass is 79.9. The van der Waals surface area contributed by atoms with Gasteiger partial charge in [0.05, 0.1) is 64.2 Å². The van der Waals surface area contributed by atoms with Crippen LogP contribution in [0.25, 0.3) is 50.3 Å². The number of benzene rings is 5.